The van der Waals surface area contributed by atoms with E-state index in [2.05, 4.69) is 9.97 Å². The van der Waals surface area contributed by atoms with Gasteiger partial charge in [0.2, 0.25) is 0 Å². The SMILES string of the molecule is O=C(c1cccc([N+](=O)[O-])c1)N1CCCC1c1nc2ccccc2[nH]1. The summed E-state index contributed by atoms with van der Waals surface area (Å²) < 4.78 is 0. The number of nitro benzene ring substituents is 1. The van der Waals surface area contributed by atoms with Crippen molar-refractivity contribution in [3.63, 3.8) is 0 Å². The molecule has 1 fully saturated rings. The number of aromatic amines is 1. The maximum atomic E-state index is 12.9. The van der Waals surface area contributed by atoms with E-state index >= 15 is 0 Å². The number of nitrogens with one attached hydrogen (secondary N) is 1. The van der Waals surface area contributed by atoms with Gasteiger partial charge in [0, 0.05) is 24.2 Å². The van der Waals surface area contributed by atoms with E-state index in [0.717, 1.165) is 29.7 Å². The van der Waals surface area contributed by atoms with Crippen LogP contribution in [0, 0.1) is 10.1 Å². The largest absolute Gasteiger partial charge is 0.340 e. The van der Waals surface area contributed by atoms with Gasteiger partial charge >= 0.3 is 0 Å². The highest BCUT2D eigenvalue weighted by Gasteiger charge is 2.33. The summed E-state index contributed by atoms with van der Waals surface area (Å²) in [5.74, 6) is 0.559. The average Bonchev–Trinajstić information content (AvgIpc) is 3.27. The number of likely N-dealkylation sites (tertiary alicyclic amines) is 1. The summed E-state index contributed by atoms with van der Waals surface area (Å²) in [5, 5.41) is 10.9. The molecule has 2 aromatic carbocycles. The van der Waals surface area contributed by atoms with Gasteiger partial charge in [0.05, 0.1) is 22.0 Å². The number of carbonyl (C=O) groups is 1. The topological polar surface area (TPSA) is 92.1 Å². The summed E-state index contributed by atoms with van der Waals surface area (Å²) in [6.45, 7) is 0.614. The van der Waals surface area contributed by atoms with Crippen LogP contribution < -0.4 is 0 Å². The molecule has 126 valence electrons. The minimum atomic E-state index is -0.489. The molecule has 0 spiro atoms. The third-order valence-corrected chi connectivity index (χ3v) is 4.54. The van der Waals surface area contributed by atoms with Crippen LogP contribution in [0.25, 0.3) is 11.0 Å². The summed E-state index contributed by atoms with van der Waals surface area (Å²) >= 11 is 0. The van der Waals surface area contributed by atoms with Gasteiger partial charge in [0.25, 0.3) is 11.6 Å². The van der Waals surface area contributed by atoms with Gasteiger partial charge in [-0.2, -0.15) is 0 Å². The number of amides is 1. The van der Waals surface area contributed by atoms with Gasteiger partial charge in [0.15, 0.2) is 0 Å². The van der Waals surface area contributed by atoms with E-state index in [0.29, 0.717) is 12.1 Å². The number of carbonyl (C=O) groups excluding carboxylic acids is 1. The fraction of sp³-hybridized carbons (Fsp3) is 0.222. The number of hydrogen-bond acceptors (Lipinski definition) is 4. The molecule has 1 aromatic heterocycles. The number of benzene rings is 2. The number of aromatic nitrogens is 2. The highest BCUT2D eigenvalue weighted by atomic mass is 16.6. The predicted octanol–water partition coefficient (Wildman–Crippen LogP) is 3.45. The molecular formula is C18H16N4O3. The molecule has 0 saturated carbocycles. The van der Waals surface area contributed by atoms with E-state index in [1.807, 2.05) is 24.3 Å². The van der Waals surface area contributed by atoms with Gasteiger partial charge in [-0.05, 0) is 31.0 Å². The molecule has 1 aliphatic heterocycles. The van der Waals surface area contributed by atoms with Crippen LogP contribution >= 0.6 is 0 Å². The van der Waals surface area contributed by atoms with Crippen LogP contribution in [0.2, 0.25) is 0 Å². The zero-order valence-electron chi connectivity index (χ0n) is 13.4. The van der Waals surface area contributed by atoms with Gasteiger partial charge in [-0.15, -0.1) is 0 Å². The van der Waals surface area contributed by atoms with Crippen LogP contribution in [0.15, 0.2) is 48.5 Å². The van der Waals surface area contributed by atoms with Crippen LogP contribution in [-0.2, 0) is 0 Å². The molecule has 1 unspecified atom stereocenters. The van der Waals surface area contributed by atoms with Crippen molar-refractivity contribution in [2.24, 2.45) is 0 Å². The van der Waals surface area contributed by atoms with Crippen LogP contribution in [0.3, 0.4) is 0 Å². The number of rotatable bonds is 3. The quantitative estimate of drug-likeness (QED) is 0.586. The number of fused-ring (bicyclic) bond motifs is 1. The van der Waals surface area contributed by atoms with E-state index in [-0.39, 0.29) is 17.6 Å². The Balaban J connectivity index is 1.65. The summed E-state index contributed by atoms with van der Waals surface area (Å²) in [6.07, 6.45) is 1.70. The van der Waals surface area contributed by atoms with E-state index in [4.69, 9.17) is 0 Å². The molecule has 0 bridgehead atoms. The summed E-state index contributed by atoms with van der Waals surface area (Å²) in [7, 11) is 0. The van der Waals surface area contributed by atoms with E-state index in [1.54, 1.807) is 11.0 Å². The second-order valence-corrected chi connectivity index (χ2v) is 6.10. The molecule has 25 heavy (non-hydrogen) atoms. The van der Waals surface area contributed by atoms with Crippen molar-refractivity contribution in [3.8, 4) is 0 Å². The van der Waals surface area contributed by atoms with Crippen LogP contribution in [0.5, 0.6) is 0 Å². The smallest absolute Gasteiger partial charge is 0.270 e. The van der Waals surface area contributed by atoms with Crippen LogP contribution in [0.4, 0.5) is 5.69 Å². The first-order valence-corrected chi connectivity index (χ1v) is 8.13. The number of imidazole rings is 1. The first-order valence-electron chi connectivity index (χ1n) is 8.13. The van der Waals surface area contributed by atoms with E-state index in [9.17, 15) is 14.9 Å². The Kier molecular flexibility index (Phi) is 3.68. The Hall–Kier alpha value is -3.22. The van der Waals surface area contributed by atoms with Crippen LogP contribution in [0.1, 0.15) is 35.1 Å². The Morgan fingerprint density at radius 2 is 2.08 bits per heavy atom. The summed E-state index contributed by atoms with van der Waals surface area (Å²) in [4.78, 5) is 33.0. The van der Waals surface area contributed by atoms with Crippen molar-refractivity contribution in [1.82, 2.24) is 14.9 Å². The van der Waals surface area contributed by atoms with Crippen molar-refractivity contribution >= 4 is 22.6 Å². The molecule has 0 aliphatic carbocycles. The van der Waals surface area contributed by atoms with Gasteiger partial charge in [-0.3, -0.25) is 14.9 Å². The van der Waals surface area contributed by atoms with Gasteiger partial charge in [-0.1, -0.05) is 18.2 Å². The maximum absolute atomic E-state index is 12.9. The minimum Gasteiger partial charge on any atom is -0.340 e. The third-order valence-electron chi connectivity index (χ3n) is 4.54. The van der Waals surface area contributed by atoms with Crippen molar-refractivity contribution in [2.45, 2.75) is 18.9 Å². The number of hydrogen-bond donors (Lipinski definition) is 1. The summed E-state index contributed by atoms with van der Waals surface area (Å²) in [5.41, 5.74) is 2.06. The fourth-order valence-corrected chi connectivity index (χ4v) is 3.34. The highest BCUT2D eigenvalue weighted by Crippen LogP contribution is 2.33. The van der Waals surface area contributed by atoms with Gasteiger partial charge in [0.1, 0.15) is 5.82 Å². The molecule has 0 radical (unpaired) electrons. The highest BCUT2D eigenvalue weighted by molar-refractivity contribution is 5.95. The maximum Gasteiger partial charge on any atom is 0.270 e. The fourth-order valence-electron chi connectivity index (χ4n) is 3.34. The molecule has 1 amide bonds. The Bertz CT molecular complexity index is 933. The molecule has 1 atom stereocenters. The molecule has 3 aromatic rings. The first kappa shape index (κ1) is 15.3. The van der Waals surface area contributed by atoms with Crippen LogP contribution in [-0.4, -0.2) is 32.2 Å². The van der Waals surface area contributed by atoms with E-state index < -0.39 is 4.92 Å². The molecule has 7 heteroatoms. The van der Waals surface area contributed by atoms with E-state index in [1.165, 1.54) is 18.2 Å². The average molecular weight is 336 g/mol. The predicted molar refractivity (Wildman–Crippen MR) is 92.2 cm³/mol. The Morgan fingerprint density at radius 3 is 2.88 bits per heavy atom. The Morgan fingerprint density at radius 1 is 1.24 bits per heavy atom. The summed E-state index contributed by atoms with van der Waals surface area (Å²) in [6, 6.07) is 13.5. The number of nitro groups is 1. The molecule has 1 N–H and O–H groups in total. The lowest BCUT2D eigenvalue weighted by Gasteiger charge is -2.23. The number of H-pyrrole nitrogens is 1. The molecule has 1 aliphatic rings. The zero-order chi connectivity index (χ0) is 17.4. The lowest BCUT2D eigenvalue weighted by atomic mass is 10.1. The molecule has 2 heterocycles. The second kappa shape index (κ2) is 6.01. The third kappa shape index (κ3) is 2.73. The minimum absolute atomic E-state index is 0.0784. The van der Waals surface area contributed by atoms with Gasteiger partial charge in [-0.25, -0.2) is 4.98 Å². The van der Waals surface area contributed by atoms with Gasteiger partial charge < -0.3 is 9.88 Å². The van der Waals surface area contributed by atoms with Crippen molar-refractivity contribution in [2.75, 3.05) is 6.54 Å². The molecular weight excluding hydrogens is 320 g/mol. The zero-order valence-corrected chi connectivity index (χ0v) is 13.4. The van der Waals surface area contributed by atoms with Crippen molar-refractivity contribution < 1.29 is 9.72 Å². The lowest BCUT2D eigenvalue weighted by molar-refractivity contribution is -0.384. The molecule has 4 rings (SSSR count). The molecule has 1 saturated heterocycles. The molecule has 7 nitrogen and oxygen atoms in total. The standard InChI is InChI=1S/C18H16N4O3/c23-18(12-5-3-6-13(11-12)22(24)25)21-10-4-9-16(21)17-19-14-7-1-2-8-15(14)20-17/h1-3,5-8,11,16H,4,9-10H2,(H,19,20). The monoisotopic (exact) mass is 336 g/mol. The normalized spacial score (nSPS) is 17.1. The Labute approximate surface area is 143 Å². The van der Waals surface area contributed by atoms with Crippen molar-refractivity contribution in [3.05, 3.63) is 70.0 Å². The first-order chi connectivity index (χ1) is 12.1. The van der Waals surface area contributed by atoms with Crippen molar-refractivity contribution in [1.29, 1.82) is 0 Å². The number of nitrogens with zero attached hydrogens (tertiary/aromatic N) is 3. The number of para-hydroxylation sites is 2. The second-order valence-electron chi connectivity index (χ2n) is 6.10. The lowest BCUT2D eigenvalue weighted by Crippen LogP contribution is -2.31. The number of non-ortho nitro benzene ring substituents is 1.